The molecule has 0 saturated heterocycles. The van der Waals surface area contributed by atoms with E-state index < -0.39 is 6.09 Å². The van der Waals surface area contributed by atoms with Crippen LogP contribution < -0.4 is 5.36 Å². The highest BCUT2D eigenvalue weighted by Crippen LogP contribution is 2.02. The second kappa shape index (κ2) is 6.49. The molecule has 2 aromatic rings. The smallest absolute Gasteiger partial charge is 0.434 e. The zero-order valence-electron chi connectivity index (χ0n) is 10.7. The van der Waals surface area contributed by atoms with E-state index in [0.717, 1.165) is 12.1 Å². The zero-order chi connectivity index (χ0) is 13.5. The van der Waals surface area contributed by atoms with E-state index in [2.05, 4.69) is 10.1 Å². The number of amides is 1. The van der Waals surface area contributed by atoms with Gasteiger partial charge in [-0.25, -0.2) is 9.48 Å². The van der Waals surface area contributed by atoms with E-state index in [0.29, 0.717) is 12.0 Å². The van der Waals surface area contributed by atoms with Gasteiger partial charge in [0.25, 0.3) is 0 Å². The summed E-state index contributed by atoms with van der Waals surface area (Å²) < 4.78 is 6.57. The topological polar surface area (TPSA) is 56.5 Å². The SMILES string of the molecule is CCCOC(=O)/N=c1\ccn(-c2ccccc2)nc1. The summed E-state index contributed by atoms with van der Waals surface area (Å²) in [6.45, 7) is 2.31. The fourth-order valence-corrected chi connectivity index (χ4v) is 1.48. The van der Waals surface area contributed by atoms with Crippen molar-refractivity contribution in [2.45, 2.75) is 13.3 Å². The number of hydrogen-bond donors (Lipinski definition) is 0. The van der Waals surface area contributed by atoms with Crippen LogP contribution in [0.25, 0.3) is 5.69 Å². The number of benzene rings is 1. The highest BCUT2D eigenvalue weighted by atomic mass is 16.5. The Hall–Kier alpha value is -2.43. The molecular weight excluding hydrogens is 242 g/mol. The third kappa shape index (κ3) is 3.77. The van der Waals surface area contributed by atoms with Crippen molar-refractivity contribution in [2.24, 2.45) is 4.99 Å². The van der Waals surface area contributed by atoms with Crippen molar-refractivity contribution in [1.82, 2.24) is 9.78 Å². The summed E-state index contributed by atoms with van der Waals surface area (Å²) in [6.07, 6.45) is 3.48. The maximum atomic E-state index is 11.3. The second-order valence-corrected chi connectivity index (χ2v) is 3.89. The van der Waals surface area contributed by atoms with E-state index in [1.165, 1.54) is 6.20 Å². The molecule has 0 radical (unpaired) electrons. The van der Waals surface area contributed by atoms with Crippen molar-refractivity contribution in [3.63, 3.8) is 0 Å². The van der Waals surface area contributed by atoms with Gasteiger partial charge in [0.2, 0.25) is 0 Å². The van der Waals surface area contributed by atoms with Gasteiger partial charge in [-0.15, -0.1) is 0 Å². The molecule has 5 heteroatoms. The summed E-state index contributed by atoms with van der Waals surface area (Å²) in [7, 11) is 0. The van der Waals surface area contributed by atoms with Gasteiger partial charge in [0.05, 0.1) is 23.8 Å². The standard InChI is InChI=1S/C14H15N3O2/c1-2-10-19-14(18)16-12-8-9-17(15-11-12)13-6-4-3-5-7-13/h3-9,11H,2,10H2,1H3/b16-12+. The molecule has 2 rings (SSSR count). The maximum absolute atomic E-state index is 11.3. The molecule has 1 aromatic heterocycles. The molecule has 0 bridgehead atoms. The highest BCUT2D eigenvalue weighted by Gasteiger charge is 1.98. The molecule has 0 spiro atoms. The summed E-state index contributed by atoms with van der Waals surface area (Å²) in [4.78, 5) is 15.1. The molecule has 5 nitrogen and oxygen atoms in total. The predicted octanol–water partition coefficient (Wildman–Crippen LogP) is 2.32. The third-order valence-electron chi connectivity index (χ3n) is 2.37. The second-order valence-electron chi connectivity index (χ2n) is 3.89. The molecule has 0 saturated carbocycles. The van der Waals surface area contributed by atoms with E-state index in [4.69, 9.17) is 4.74 Å². The van der Waals surface area contributed by atoms with Crippen LogP contribution in [0.4, 0.5) is 4.79 Å². The molecule has 1 aromatic carbocycles. The molecule has 98 valence electrons. The van der Waals surface area contributed by atoms with Crippen molar-refractivity contribution in [3.05, 3.63) is 54.1 Å². The van der Waals surface area contributed by atoms with Gasteiger partial charge in [0, 0.05) is 6.20 Å². The summed E-state index contributed by atoms with van der Waals surface area (Å²) >= 11 is 0. The van der Waals surface area contributed by atoms with Crippen LogP contribution in [-0.4, -0.2) is 22.5 Å². The van der Waals surface area contributed by atoms with Crippen molar-refractivity contribution in [1.29, 1.82) is 0 Å². The number of carbonyl (C=O) groups is 1. The first-order valence-electron chi connectivity index (χ1n) is 6.11. The number of rotatable bonds is 3. The van der Waals surface area contributed by atoms with Crippen molar-refractivity contribution in [2.75, 3.05) is 6.61 Å². The number of aromatic nitrogens is 2. The van der Waals surface area contributed by atoms with Crippen LogP contribution in [0, 0.1) is 0 Å². The Bertz CT molecular complexity index is 585. The molecule has 0 N–H and O–H groups in total. The van der Waals surface area contributed by atoms with Crippen LogP contribution in [0.5, 0.6) is 0 Å². The zero-order valence-corrected chi connectivity index (χ0v) is 10.7. The Morgan fingerprint density at radius 1 is 1.32 bits per heavy atom. The van der Waals surface area contributed by atoms with Crippen molar-refractivity contribution in [3.8, 4) is 5.69 Å². The van der Waals surface area contributed by atoms with E-state index in [1.54, 1.807) is 16.9 Å². The fourth-order valence-electron chi connectivity index (χ4n) is 1.48. The summed E-state index contributed by atoms with van der Waals surface area (Å²) in [5.41, 5.74) is 0.947. The average molecular weight is 257 g/mol. The van der Waals surface area contributed by atoms with Gasteiger partial charge < -0.3 is 4.74 Å². The lowest BCUT2D eigenvalue weighted by molar-refractivity contribution is 0.156. The molecule has 0 aliphatic rings. The van der Waals surface area contributed by atoms with Crippen LogP contribution in [0.3, 0.4) is 0 Å². The quantitative estimate of drug-likeness (QED) is 0.847. The van der Waals surface area contributed by atoms with E-state index in [9.17, 15) is 4.79 Å². The molecule has 19 heavy (non-hydrogen) atoms. The third-order valence-corrected chi connectivity index (χ3v) is 2.37. The van der Waals surface area contributed by atoms with Crippen molar-refractivity contribution >= 4 is 6.09 Å². The minimum atomic E-state index is -0.582. The summed E-state index contributed by atoms with van der Waals surface area (Å²) in [6, 6.07) is 11.4. The lowest BCUT2D eigenvalue weighted by Crippen LogP contribution is -2.12. The number of carbonyl (C=O) groups excluding carboxylic acids is 1. The van der Waals surface area contributed by atoms with E-state index in [1.807, 2.05) is 37.3 Å². The van der Waals surface area contributed by atoms with Gasteiger partial charge in [-0.2, -0.15) is 10.1 Å². The Labute approximate surface area is 111 Å². The lowest BCUT2D eigenvalue weighted by atomic mass is 10.3. The lowest BCUT2D eigenvalue weighted by Gasteiger charge is -2.03. The Balaban J connectivity index is 2.15. The van der Waals surface area contributed by atoms with Crippen LogP contribution in [0.1, 0.15) is 13.3 Å². The number of hydrogen-bond acceptors (Lipinski definition) is 3. The minimum Gasteiger partial charge on any atom is -0.448 e. The van der Waals surface area contributed by atoms with Crippen LogP contribution in [0.15, 0.2) is 53.8 Å². The fraction of sp³-hybridized carbons (Fsp3) is 0.214. The normalized spacial score (nSPS) is 11.3. The first kappa shape index (κ1) is 13.0. The van der Waals surface area contributed by atoms with Gasteiger partial charge in [0.1, 0.15) is 0 Å². The van der Waals surface area contributed by atoms with Gasteiger partial charge in [-0.1, -0.05) is 25.1 Å². The van der Waals surface area contributed by atoms with E-state index in [-0.39, 0.29) is 0 Å². The minimum absolute atomic E-state index is 0.382. The van der Waals surface area contributed by atoms with Crippen LogP contribution in [-0.2, 0) is 4.74 Å². The highest BCUT2D eigenvalue weighted by molar-refractivity contribution is 5.68. The van der Waals surface area contributed by atoms with Gasteiger partial charge in [0.15, 0.2) is 0 Å². The predicted molar refractivity (Wildman–Crippen MR) is 70.8 cm³/mol. The molecule has 0 aliphatic heterocycles. The van der Waals surface area contributed by atoms with Crippen LogP contribution >= 0.6 is 0 Å². The molecule has 0 atom stereocenters. The molecular formula is C14H15N3O2. The Kier molecular flexibility index (Phi) is 4.44. The van der Waals surface area contributed by atoms with Crippen LogP contribution in [0.2, 0.25) is 0 Å². The number of ether oxygens (including phenoxy) is 1. The average Bonchev–Trinajstić information content (AvgIpc) is 2.47. The Morgan fingerprint density at radius 2 is 2.11 bits per heavy atom. The molecule has 0 aliphatic carbocycles. The summed E-state index contributed by atoms with van der Waals surface area (Å²) in [5, 5.41) is 4.68. The Morgan fingerprint density at radius 3 is 2.74 bits per heavy atom. The molecule has 0 fully saturated rings. The number of nitrogens with zero attached hydrogens (tertiary/aromatic N) is 3. The molecule has 0 unspecified atom stereocenters. The first-order valence-corrected chi connectivity index (χ1v) is 6.11. The van der Waals surface area contributed by atoms with Gasteiger partial charge in [-0.3, -0.25) is 0 Å². The monoisotopic (exact) mass is 257 g/mol. The van der Waals surface area contributed by atoms with Crippen molar-refractivity contribution < 1.29 is 9.53 Å². The first-order chi connectivity index (χ1) is 9.29. The largest absolute Gasteiger partial charge is 0.448 e. The van der Waals surface area contributed by atoms with Gasteiger partial charge >= 0.3 is 6.09 Å². The van der Waals surface area contributed by atoms with E-state index >= 15 is 0 Å². The molecule has 1 heterocycles. The molecule has 1 amide bonds. The van der Waals surface area contributed by atoms with Gasteiger partial charge in [-0.05, 0) is 24.6 Å². The maximum Gasteiger partial charge on any atom is 0.434 e. The number of para-hydroxylation sites is 1. The summed E-state index contributed by atoms with van der Waals surface area (Å²) in [5.74, 6) is 0.